The van der Waals surface area contributed by atoms with Crippen molar-refractivity contribution < 1.29 is 9.47 Å². The lowest BCUT2D eigenvalue weighted by Gasteiger charge is -2.15. The Labute approximate surface area is 128 Å². The summed E-state index contributed by atoms with van der Waals surface area (Å²) in [6.07, 6.45) is 0. The Morgan fingerprint density at radius 1 is 1.00 bits per heavy atom. The molecule has 0 heterocycles. The number of benzene rings is 2. The molecule has 3 nitrogen and oxygen atoms in total. The monoisotopic (exact) mass is 311 g/mol. The predicted molar refractivity (Wildman–Crippen MR) is 82.9 cm³/mol. The second-order valence-corrected chi connectivity index (χ2v) is 4.98. The van der Waals surface area contributed by atoms with Gasteiger partial charge in [-0.3, -0.25) is 0 Å². The van der Waals surface area contributed by atoms with Gasteiger partial charge in [0.25, 0.3) is 0 Å². The van der Waals surface area contributed by atoms with Gasteiger partial charge in [0.1, 0.15) is 16.5 Å². The first-order valence-electron chi connectivity index (χ1n) is 6.01. The molecule has 0 aliphatic carbocycles. The zero-order valence-corrected chi connectivity index (χ0v) is 12.8. The molecule has 2 aromatic carbocycles. The van der Waals surface area contributed by atoms with E-state index in [-0.39, 0.29) is 0 Å². The summed E-state index contributed by atoms with van der Waals surface area (Å²) < 4.78 is 10.6. The first-order valence-corrected chi connectivity index (χ1v) is 6.77. The van der Waals surface area contributed by atoms with Crippen LogP contribution in [0.3, 0.4) is 0 Å². The quantitative estimate of drug-likeness (QED) is 0.923. The largest absolute Gasteiger partial charge is 0.495 e. The van der Waals surface area contributed by atoms with E-state index in [1.165, 1.54) is 0 Å². The lowest BCUT2D eigenvalue weighted by molar-refractivity contribution is 0.396. The fourth-order valence-electron chi connectivity index (χ4n) is 2.10. The van der Waals surface area contributed by atoms with Crippen LogP contribution in [0.2, 0.25) is 10.0 Å². The van der Waals surface area contributed by atoms with Gasteiger partial charge in [-0.05, 0) is 35.4 Å². The van der Waals surface area contributed by atoms with Crippen molar-refractivity contribution in [1.29, 1.82) is 0 Å². The molecule has 0 aliphatic heterocycles. The number of ether oxygens (including phenoxy) is 2. The highest BCUT2D eigenvalue weighted by Gasteiger charge is 2.16. The van der Waals surface area contributed by atoms with E-state index in [4.69, 9.17) is 38.4 Å². The first-order chi connectivity index (χ1) is 9.62. The van der Waals surface area contributed by atoms with Crippen LogP contribution in [0.4, 0.5) is 0 Å². The maximum atomic E-state index is 6.28. The van der Waals surface area contributed by atoms with Crippen LogP contribution in [-0.2, 0) is 6.54 Å². The molecule has 0 spiro atoms. The molecule has 20 heavy (non-hydrogen) atoms. The number of nitrogens with two attached hydrogens (primary N) is 1. The predicted octanol–water partition coefficient (Wildman–Crippen LogP) is 4.14. The molecule has 2 N–H and O–H groups in total. The molecule has 0 bridgehead atoms. The molecule has 2 rings (SSSR count). The molecule has 2 aromatic rings. The lowest BCUT2D eigenvalue weighted by Crippen LogP contribution is -2.00. The molecule has 0 amide bonds. The van der Waals surface area contributed by atoms with E-state index in [0.29, 0.717) is 28.1 Å². The standard InChI is InChI=1S/C15H15Cl2NO2/c1-19-13-6-5-12(15(20-2)14(13)17)11-4-3-10(16)7-9(11)8-18/h3-7H,8,18H2,1-2H3. The Kier molecular flexibility index (Phi) is 4.76. The van der Waals surface area contributed by atoms with Gasteiger partial charge in [0.05, 0.1) is 14.2 Å². The Bertz CT molecular complexity index is 630. The molecule has 0 aromatic heterocycles. The minimum Gasteiger partial charge on any atom is -0.495 e. The normalized spacial score (nSPS) is 10.4. The van der Waals surface area contributed by atoms with Gasteiger partial charge < -0.3 is 15.2 Å². The van der Waals surface area contributed by atoms with Crippen molar-refractivity contribution in [2.75, 3.05) is 14.2 Å². The summed E-state index contributed by atoms with van der Waals surface area (Å²) >= 11 is 12.3. The number of methoxy groups -OCH3 is 2. The SMILES string of the molecule is COc1ccc(-c2ccc(Cl)cc2CN)c(OC)c1Cl. The Hall–Kier alpha value is -1.42. The highest BCUT2D eigenvalue weighted by molar-refractivity contribution is 6.34. The second-order valence-electron chi connectivity index (χ2n) is 4.17. The van der Waals surface area contributed by atoms with E-state index in [1.54, 1.807) is 20.3 Å². The Morgan fingerprint density at radius 2 is 1.70 bits per heavy atom. The minimum absolute atomic E-state index is 0.378. The number of halogens is 2. The number of rotatable bonds is 4. The molecule has 0 fully saturated rings. The van der Waals surface area contributed by atoms with E-state index in [0.717, 1.165) is 16.7 Å². The fourth-order valence-corrected chi connectivity index (χ4v) is 2.62. The summed E-state index contributed by atoms with van der Waals surface area (Å²) in [5.41, 5.74) is 8.51. The highest BCUT2D eigenvalue weighted by Crippen LogP contribution is 2.42. The van der Waals surface area contributed by atoms with Gasteiger partial charge in [-0.25, -0.2) is 0 Å². The van der Waals surface area contributed by atoms with Crippen LogP contribution >= 0.6 is 23.2 Å². The molecule has 0 unspecified atom stereocenters. The molecular weight excluding hydrogens is 297 g/mol. The summed E-state index contributed by atoms with van der Waals surface area (Å²) in [6, 6.07) is 9.26. The number of hydrogen-bond donors (Lipinski definition) is 1. The molecular formula is C15H15Cl2NO2. The van der Waals surface area contributed by atoms with Crippen LogP contribution in [0.25, 0.3) is 11.1 Å². The van der Waals surface area contributed by atoms with Crippen molar-refractivity contribution in [3.8, 4) is 22.6 Å². The molecule has 0 saturated carbocycles. The zero-order chi connectivity index (χ0) is 14.7. The maximum Gasteiger partial charge on any atom is 0.149 e. The van der Waals surface area contributed by atoms with Crippen LogP contribution in [0.15, 0.2) is 30.3 Å². The topological polar surface area (TPSA) is 44.5 Å². The Balaban J connectivity index is 2.67. The average molecular weight is 312 g/mol. The molecule has 0 saturated heterocycles. The van der Waals surface area contributed by atoms with Gasteiger partial charge in [-0.15, -0.1) is 0 Å². The van der Waals surface area contributed by atoms with Crippen molar-refractivity contribution in [2.45, 2.75) is 6.54 Å². The fraction of sp³-hybridized carbons (Fsp3) is 0.200. The van der Waals surface area contributed by atoms with E-state index >= 15 is 0 Å². The van der Waals surface area contributed by atoms with Gasteiger partial charge in [-0.1, -0.05) is 29.3 Å². The third kappa shape index (κ3) is 2.70. The molecule has 0 atom stereocenters. The van der Waals surface area contributed by atoms with Crippen molar-refractivity contribution in [2.24, 2.45) is 5.73 Å². The summed E-state index contributed by atoms with van der Waals surface area (Å²) in [4.78, 5) is 0. The average Bonchev–Trinajstić information content (AvgIpc) is 2.46. The van der Waals surface area contributed by atoms with Crippen molar-refractivity contribution >= 4 is 23.2 Å². The Morgan fingerprint density at radius 3 is 2.30 bits per heavy atom. The van der Waals surface area contributed by atoms with Gasteiger partial charge in [0.2, 0.25) is 0 Å². The van der Waals surface area contributed by atoms with Crippen LogP contribution in [0, 0.1) is 0 Å². The third-order valence-electron chi connectivity index (χ3n) is 3.06. The summed E-state index contributed by atoms with van der Waals surface area (Å²) in [5.74, 6) is 1.12. The first kappa shape index (κ1) is 15.0. The molecule has 5 heteroatoms. The maximum absolute atomic E-state index is 6.28. The molecule has 0 aliphatic rings. The lowest BCUT2D eigenvalue weighted by atomic mass is 9.98. The van der Waals surface area contributed by atoms with E-state index in [2.05, 4.69) is 0 Å². The summed E-state index contributed by atoms with van der Waals surface area (Å²) in [5, 5.41) is 1.08. The second kappa shape index (κ2) is 6.35. The van der Waals surface area contributed by atoms with Crippen LogP contribution in [0.5, 0.6) is 11.5 Å². The smallest absolute Gasteiger partial charge is 0.149 e. The summed E-state index contributed by atoms with van der Waals surface area (Å²) in [6.45, 7) is 0.378. The van der Waals surface area contributed by atoms with E-state index < -0.39 is 0 Å². The van der Waals surface area contributed by atoms with Crippen LogP contribution < -0.4 is 15.2 Å². The van der Waals surface area contributed by atoms with Gasteiger partial charge in [0, 0.05) is 17.1 Å². The van der Waals surface area contributed by atoms with Gasteiger partial charge in [0.15, 0.2) is 0 Å². The van der Waals surface area contributed by atoms with Crippen LogP contribution in [0.1, 0.15) is 5.56 Å². The minimum atomic E-state index is 0.378. The van der Waals surface area contributed by atoms with Crippen molar-refractivity contribution in [3.05, 3.63) is 45.9 Å². The van der Waals surface area contributed by atoms with E-state index in [9.17, 15) is 0 Å². The summed E-state index contributed by atoms with van der Waals surface area (Å²) in [7, 11) is 3.14. The zero-order valence-electron chi connectivity index (χ0n) is 11.2. The number of hydrogen-bond acceptors (Lipinski definition) is 3. The molecule has 0 radical (unpaired) electrons. The third-order valence-corrected chi connectivity index (χ3v) is 3.66. The van der Waals surface area contributed by atoms with E-state index in [1.807, 2.05) is 24.3 Å². The van der Waals surface area contributed by atoms with Gasteiger partial charge in [-0.2, -0.15) is 0 Å². The van der Waals surface area contributed by atoms with Crippen molar-refractivity contribution in [1.82, 2.24) is 0 Å². The van der Waals surface area contributed by atoms with Gasteiger partial charge >= 0.3 is 0 Å². The molecule has 106 valence electrons. The van der Waals surface area contributed by atoms with Crippen molar-refractivity contribution in [3.63, 3.8) is 0 Å². The highest BCUT2D eigenvalue weighted by atomic mass is 35.5. The van der Waals surface area contributed by atoms with Crippen LogP contribution in [-0.4, -0.2) is 14.2 Å².